The average Bonchev–Trinajstić information content (AvgIpc) is 2.28. The number of carbonyl (C=O) groups excluding carboxylic acids is 1. The third kappa shape index (κ3) is 3.32. The van der Waals surface area contributed by atoms with Gasteiger partial charge in [-0.05, 0) is 24.1 Å². The molecule has 0 radical (unpaired) electrons. The van der Waals surface area contributed by atoms with Crippen LogP contribution in [0.4, 0.5) is 5.69 Å². The first-order valence-electron chi connectivity index (χ1n) is 5.10. The highest BCUT2D eigenvalue weighted by molar-refractivity contribution is 7.81. The van der Waals surface area contributed by atoms with Crippen LogP contribution in [0.1, 0.15) is 19.4 Å². The van der Waals surface area contributed by atoms with Crippen LogP contribution < -0.4 is 5.32 Å². The Morgan fingerprint density at radius 2 is 2.19 bits per heavy atom. The summed E-state index contributed by atoms with van der Waals surface area (Å²) in [5.74, 6) is 2.61. The molecular formula is C13H15NOS. The Kier molecular flexibility index (Phi) is 4.45. The predicted molar refractivity (Wildman–Crippen MR) is 70.6 cm³/mol. The fourth-order valence-corrected chi connectivity index (χ4v) is 1.27. The van der Waals surface area contributed by atoms with Crippen molar-refractivity contribution in [3.05, 3.63) is 29.8 Å². The Balaban J connectivity index is 2.74. The number of benzene rings is 1. The van der Waals surface area contributed by atoms with E-state index < -0.39 is 0 Å². The van der Waals surface area contributed by atoms with E-state index in [0.29, 0.717) is 5.69 Å². The fourth-order valence-electron chi connectivity index (χ4n) is 1.21. The van der Waals surface area contributed by atoms with Gasteiger partial charge in [0.05, 0.1) is 5.25 Å². The van der Waals surface area contributed by atoms with Gasteiger partial charge in [0.2, 0.25) is 5.91 Å². The number of nitrogens with one attached hydrogen (secondary N) is 1. The lowest BCUT2D eigenvalue weighted by molar-refractivity contribution is -0.116. The van der Waals surface area contributed by atoms with Crippen molar-refractivity contribution in [3.8, 4) is 12.3 Å². The van der Waals surface area contributed by atoms with Crippen LogP contribution in [0.15, 0.2) is 24.3 Å². The molecule has 0 saturated heterocycles. The second kappa shape index (κ2) is 5.62. The van der Waals surface area contributed by atoms with Crippen molar-refractivity contribution in [2.24, 2.45) is 5.92 Å². The van der Waals surface area contributed by atoms with Crippen LogP contribution in [0.25, 0.3) is 0 Å². The maximum atomic E-state index is 11.7. The van der Waals surface area contributed by atoms with Crippen LogP contribution in [0.2, 0.25) is 0 Å². The number of carbonyl (C=O) groups is 1. The quantitative estimate of drug-likeness (QED) is 0.610. The van der Waals surface area contributed by atoms with Crippen molar-refractivity contribution in [1.29, 1.82) is 0 Å². The molecule has 1 unspecified atom stereocenters. The van der Waals surface area contributed by atoms with E-state index in [-0.39, 0.29) is 17.1 Å². The Labute approximate surface area is 102 Å². The minimum Gasteiger partial charge on any atom is -0.325 e. The predicted octanol–water partition coefficient (Wildman–Crippen LogP) is 2.56. The van der Waals surface area contributed by atoms with Crippen LogP contribution in [0.3, 0.4) is 0 Å². The monoisotopic (exact) mass is 233 g/mol. The molecule has 0 aliphatic rings. The van der Waals surface area contributed by atoms with Gasteiger partial charge in [-0.25, -0.2) is 0 Å². The Hall–Kier alpha value is -1.40. The summed E-state index contributed by atoms with van der Waals surface area (Å²) in [6, 6.07) is 7.20. The molecule has 0 bridgehead atoms. The normalized spacial score (nSPS) is 11.9. The first-order valence-corrected chi connectivity index (χ1v) is 5.62. The SMILES string of the molecule is C#Cc1cccc(NC(=O)C(S)C(C)C)c1. The number of thiol groups is 1. The number of hydrogen-bond donors (Lipinski definition) is 2. The molecule has 1 atom stereocenters. The van der Waals surface area contributed by atoms with Gasteiger partial charge in [-0.15, -0.1) is 6.42 Å². The van der Waals surface area contributed by atoms with Gasteiger partial charge in [0.1, 0.15) is 0 Å². The van der Waals surface area contributed by atoms with Gasteiger partial charge in [-0.2, -0.15) is 12.6 Å². The largest absolute Gasteiger partial charge is 0.325 e. The summed E-state index contributed by atoms with van der Waals surface area (Å²) in [4.78, 5) is 11.7. The minimum absolute atomic E-state index is 0.104. The third-order valence-electron chi connectivity index (χ3n) is 2.20. The third-order valence-corrected chi connectivity index (χ3v) is 3.03. The Morgan fingerprint density at radius 3 is 2.75 bits per heavy atom. The lowest BCUT2D eigenvalue weighted by Crippen LogP contribution is -2.27. The first-order chi connectivity index (χ1) is 7.54. The Morgan fingerprint density at radius 1 is 1.50 bits per heavy atom. The van der Waals surface area contributed by atoms with Gasteiger partial charge in [-0.1, -0.05) is 25.8 Å². The van der Waals surface area contributed by atoms with Crippen molar-refractivity contribution in [1.82, 2.24) is 0 Å². The van der Waals surface area contributed by atoms with E-state index >= 15 is 0 Å². The van der Waals surface area contributed by atoms with Crippen LogP contribution in [-0.2, 0) is 4.79 Å². The molecule has 0 aromatic heterocycles. The van der Waals surface area contributed by atoms with Gasteiger partial charge in [0, 0.05) is 11.3 Å². The van der Waals surface area contributed by atoms with Crippen molar-refractivity contribution >= 4 is 24.2 Å². The molecule has 2 nitrogen and oxygen atoms in total. The molecule has 84 valence electrons. The smallest absolute Gasteiger partial charge is 0.237 e. The van der Waals surface area contributed by atoms with E-state index in [1.807, 2.05) is 26.0 Å². The molecule has 3 heteroatoms. The number of anilines is 1. The summed E-state index contributed by atoms with van der Waals surface area (Å²) in [7, 11) is 0. The van der Waals surface area contributed by atoms with Crippen molar-refractivity contribution in [2.45, 2.75) is 19.1 Å². The topological polar surface area (TPSA) is 29.1 Å². The van der Waals surface area contributed by atoms with E-state index in [4.69, 9.17) is 6.42 Å². The van der Waals surface area contributed by atoms with E-state index in [9.17, 15) is 4.79 Å². The number of hydrogen-bond acceptors (Lipinski definition) is 2. The first kappa shape index (κ1) is 12.7. The summed E-state index contributed by atoms with van der Waals surface area (Å²) in [5.41, 5.74) is 1.46. The molecule has 1 aromatic rings. The summed E-state index contributed by atoms with van der Waals surface area (Å²) < 4.78 is 0. The molecule has 0 saturated carbocycles. The summed E-state index contributed by atoms with van der Waals surface area (Å²) in [6.45, 7) is 3.91. The number of rotatable bonds is 3. The van der Waals surface area contributed by atoms with Gasteiger partial charge in [0.25, 0.3) is 0 Å². The highest BCUT2D eigenvalue weighted by Crippen LogP contribution is 2.14. The molecule has 0 aliphatic heterocycles. The zero-order chi connectivity index (χ0) is 12.1. The minimum atomic E-state index is -0.311. The van der Waals surface area contributed by atoms with Crippen molar-refractivity contribution in [3.63, 3.8) is 0 Å². The van der Waals surface area contributed by atoms with Crippen LogP contribution in [0, 0.1) is 18.3 Å². The number of amides is 1. The van der Waals surface area contributed by atoms with E-state index in [1.165, 1.54) is 0 Å². The molecule has 1 aromatic carbocycles. The van der Waals surface area contributed by atoms with Crippen molar-refractivity contribution in [2.75, 3.05) is 5.32 Å². The average molecular weight is 233 g/mol. The highest BCUT2D eigenvalue weighted by Gasteiger charge is 2.17. The van der Waals surface area contributed by atoms with Crippen LogP contribution in [-0.4, -0.2) is 11.2 Å². The number of terminal acetylenes is 1. The maximum Gasteiger partial charge on any atom is 0.237 e. The molecule has 16 heavy (non-hydrogen) atoms. The highest BCUT2D eigenvalue weighted by atomic mass is 32.1. The van der Waals surface area contributed by atoms with Crippen LogP contribution in [0.5, 0.6) is 0 Å². The van der Waals surface area contributed by atoms with Gasteiger partial charge >= 0.3 is 0 Å². The van der Waals surface area contributed by atoms with Gasteiger partial charge in [-0.3, -0.25) is 4.79 Å². The zero-order valence-corrected chi connectivity index (χ0v) is 10.3. The van der Waals surface area contributed by atoms with E-state index in [2.05, 4.69) is 23.9 Å². The lowest BCUT2D eigenvalue weighted by Gasteiger charge is -2.14. The van der Waals surface area contributed by atoms with E-state index in [1.54, 1.807) is 12.1 Å². The van der Waals surface area contributed by atoms with Gasteiger partial charge in [0.15, 0.2) is 0 Å². The standard InChI is InChI=1S/C13H15NOS/c1-4-10-6-5-7-11(8-10)14-13(15)12(16)9(2)3/h1,5-9,12,16H,2-3H3,(H,14,15). The molecule has 0 aliphatic carbocycles. The maximum absolute atomic E-state index is 11.7. The summed E-state index contributed by atoms with van der Waals surface area (Å²) >= 11 is 4.25. The van der Waals surface area contributed by atoms with Crippen LogP contribution >= 0.6 is 12.6 Å². The van der Waals surface area contributed by atoms with E-state index in [0.717, 1.165) is 5.56 Å². The molecule has 1 amide bonds. The molecule has 1 N–H and O–H groups in total. The molecular weight excluding hydrogens is 218 g/mol. The second-order valence-electron chi connectivity index (χ2n) is 3.90. The summed E-state index contributed by atoms with van der Waals surface area (Å²) in [6.07, 6.45) is 5.28. The Bertz CT molecular complexity index is 420. The molecule has 1 rings (SSSR count). The van der Waals surface area contributed by atoms with Gasteiger partial charge < -0.3 is 5.32 Å². The lowest BCUT2D eigenvalue weighted by atomic mass is 10.1. The molecule has 0 heterocycles. The second-order valence-corrected chi connectivity index (χ2v) is 4.46. The van der Waals surface area contributed by atoms with Crippen molar-refractivity contribution < 1.29 is 4.79 Å². The molecule has 0 fully saturated rings. The fraction of sp³-hybridized carbons (Fsp3) is 0.308. The zero-order valence-electron chi connectivity index (χ0n) is 9.40. The molecule has 0 spiro atoms. The summed E-state index contributed by atoms with van der Waals surface area (Å²) in [5, 5.41) is 2.48.